The number of halogens is 2. The highest BCUT2D eigenvalue weighted by atomic mass is 35.5. The van der Waals surface area contributed by atoms with Crippen LogP contribution in [0.15, 0.2) is 18.2 Å². The Kier molecular flexibility index (Phi) is 3.74. The quantitative estimate of drug-likeness (QED) is 0.766. The van der Waals surface area contributed by atoms with Gasteiger partial charge in [-0.1, -0.05) is 18.5 Å². The van der Waals surface area contributed by atoms with Crippen molar-refractivity contribution in [2.75, 3.05) is 0 Å². The smallest absolute Gasteiger partial charge is 0.170 e. The number of Topliss-reactive ketones (excluding diaryl/α,β-unsaturated/α-hetero) is 1. The predicted molar refractivity (Wildman–Crippen MR) is 68.4 cm³/mol. The van der Waals surface area contributed by atoms with E-state index in [-0.39, 0.29) is 35.4 Å². The standard InChI is InChI=1S/C14H16ClFO2/c1-7-8(2)18-9(3)13(7)14(17)11-6-10(16)4-5-12(11)15/h4-9,13H,1-3H3. The number of carbonyl (C=O) groups excluding carboxylic acids is 1. The third-order valence-electron chi connectivity index (χ3n) is 3.74. The van der Waals surface area contributed by atoms with Crippen molar-refractivity contribution >= 4 is 17.4 Å². The summed E-state index contributed by atoms with van der Waals surface area (Å²) in [7, 11) is 0. The fourth-order valence-electron chi connectivity index (χ4n) is 2.58. The van der Waals surface area contributed by atoms with Gasteiger partial charge in [0, 0.05) is 5.56 Å². The largest absolute Gasteiger partial charge is 0.374 e. The number of ketones is 1. The van der Waals surface area contributed by atoms with Gasteiger partial charge in [-0.15, -0.1) is 0 Å². The first kappa shape index (κ1) is 13.5. The van der Waals surface area contributed by atoms with Crippen LogP contribution in [0.3, 0.4) is 0 Å². The minimum absolute atomic E-state index is 0.0290. The van der Waals surface area contributed by atoms with Gasteiger partial charge in [0.2, 0.25) is 0 Å². The molecule has 0 bridgehead atoms. The van der Waals surface area contributed by atoms with Crippen LogP contribution in [0.2, 0.25) is 5.02 Å². The van der Waals surface area contributed by atoms with Crippen LogP contribution in [0.25, 0.3) is 0 Å². The van der Waals surface area contributed by atoms with Crippen LogP contribution in [0, 0.1) is 17.7 Å². The van der Waals surface area contributed by atoms with Gasteiger partial charge in [0.05, 0.1) is 23.1 Å². The average molecular weight is 271 g/mol. The van der Waals surface area contributed by atoms with Crippen molar-refractivity contribution in [2.24, 2.45) is 11.8 Å². The zero-order chi connectivity index (χ0) is 13.4. The van der Waals surface area contributed by atoms with Crippen LogP contribution in [-0.4, -0.2) is 18.0 Å². The fraction of sp³-hybridized carbons (Fsp3) is 0.500. The lowest BCUT2D eigenvalue weighted by Gasteiger charge is -2.17. The first-order valence-electron chi connectivity index (χ1n) is 6.06. The number of hydrogen-bond acceptors (Lipinski definition) is 2. The van der Waals surface area contributed by atoms with E-state index in [0.29, 0.717) is 5.02 Å². The van der Waals surface area contributed by atoms with Crippen molar-refractivity contribution in [1.29, 1.82) is 0 Å². The summed E-state index contributed by atoms with van der Waals surface area (Å²) in [5.41, 5.74) is 0.248. The summed E-state index contributed by atoms with van der Waals surface area (Å²) in [6.45, 7) is 5.79. The number of rotatable bonds is 2. The maximum absolute atomic E-state index is 13.2. The molecule has 1 fully saturated rings. The highest BCUT2D eigenvalue weighted by molar-refractivity contribution is 6.34. The van der Waals surface area contributed by atoms with Crippen LogP contribution in [-0.2, 0) is 4.74 Å². The SMILES string of the molecule is CC1OC(C)C(C(=O)c2cc(F)ccc2Cl)C1C. The van der Waals surface area contributed by atoms with E-state index in [0.717, 1.165) is 0 Å². The number of hydrogen-bond donors (Lipinski definition) is 0. The molecular formula is C14H16ClFO2. The molecule has 0 aliphatic carbocycles. The second kappa shape index (κ2) is 4.98. The van der Waals surface area contributed by atoms with Gasteiger partial charge < -0.3 is 4.74 Å². The number of ether oxygens (including phenoxy) is 1. The number of benzene rings is 1. The fourth-order valence-corrected chi connectivity index (χ4v) is 2.80. The summed E-state index contributed by atoms with van der Waals surface area (Å²) in [4.78, 5) is 12.5. The molecule has 1 aromatic carbocycles. The van der Waals surface area contributed by atoms with Crippen molar-refractivity contribution in [3.63, 3.8) is 0 Å². The van der Waals surface area contributed by atoms with Crippen molar-refractivity contribution in [3.8, 4) is 0 Å². The summed E-state index contributed by atoms with van der Waals surface area (Å²) in [6, 6.07) is 3.87. The minimum atomic E-state index is -0.449. The molecule has 0 spiro atoms. The van der Waals surface area contributed by atoms with Crippen LogP contribution >= 0.6 is 11.6 Å². The summed E-state index contributed by atoms with van der Waals surface area (Å²) >= 11 is 5.97. The van der Waals surface area contributed by atoms with E-state index >= 15 is 0 Å². The Morgan fingerprint density at radius 3 is 2.50 bits per heavy atom. The van der Waals surface area contributed by atoms with E-state index in [1.54, 1.807) is 0 Å². The Morgan fingerprint density at radius 1 is 1.28 bits per heavy atom. The molecule has 0 radical (unpaired) electrons. The van der Waals surface area contributed by atoms with Gasteiger partial charge in [-0.2, -0.15) is 0 Å². The van der Waals surface area contributed by atoms with Crippen LogP contribution in [0.4, 0.5) is 4.39 Å². The lowest BCUT2D eigenvalue weighted by molar-refractivity contribution is 0.0491. The molecule has 1 aliphatic heterocycles. The second-order valence-corrected chi connectivity index (χ2v) is 5.33. The maximum atomic E-state index is 13.2. The van der Waals surface area contributed by atoms with Gasteiger partial charge in [0.15, 0.2) is 5.78 Å². The maximum Gasteiger partial charge on any atom is 0.170 e. The summed E-state index contributed by atoms with van der Waals surface area (Å²) in [5.74, 6) is -0.745. The average Bonchev–Trinajstić information content (AvgIpc) is 2.56. The van der Waals surface area contributed by atoms with E-state index in [9.17, 15) is 9.18 Å². The monoisotopic (exact) mass is 270 g/mol. The molecule has 2 nitrogen and oxygen atoms in total. The van der Waals surface area contributed by atoms with Crippen molar-refractivity contribution in [2.45, 2.75) is 33.0 Å². The third kappa shape index (κ3) is 2.29. The summed E-state index contributed by atoms with van der Waals surface area (Å²) in [5, 5.41) is 0.292. The molecule has 0 saturated carbocycles. The van der Waals surface area contributed by atoms with E-state index < -0.39 is 5.82 Å². The first-order valence-corrected chi connectivity index (χ1v) is 6.44. The van der Waals surface area contributed by atoms with Crippen molar-refractivity contribution < 1.29 is 13.9 Å². The topological polar surface area (TPSA) is 26.3 Å². The lowest BCUT2D eigenvalue weighted by atomic mass is 9.83. The van der Waals surface area contributed by atoms with Crippen LogP contribution in [0.5, 0.6) is 0 Å². The van der Waals surface area contributed by atoms with Gasteiger partial charge >= 0.3 is 0 Å². The zero-order valence-electron chi connectivity index (χ0n) is 10.6. The number of carbonyl (C=O) groups is 1. The Morgan fingerprint density at radius 2 is 1.94 bits per heavy atom. The molecule has 4 heteroatoms. The predicted octanol–water partition coefficient (Wildman–Crippen LogP) is 3.72. The van der Waals surface area contributed by atoms with E-state index in [2.05, 4.69) is 0 Å². The Hall–Kier alpha value is -0.930. The molecule has 1 saturated heterocycles. The van der Waals surface area contributed by atoms with E-state index in [4.69, 9.17) is 16.3 Å². The molecule has 4 unspecified atom stereocenters. The normalized spacial score (nSPS) is 31.6. The van der Waals surface area contributed by atoms with Crippen molar-refractivity contribution in [3.05, 3.63) is 34.6 Å². The minimum Gasteiger partial charge on any atom is -0.374 e. The molecule has 18 heavy (non-hydrogen) atoms. The molecule has 4 atom stereocenters. The van der Waals surface area contributed by atoms with Gasteiger partial charge in [-0.05, 0) is 38.0 Å². The molecule has 1 aliphatic rings. The molecule has 0 N–H and O–H groups in total. The van der Waals surface area contributed by atoms with Crippen LogP contribution < -0.4 is 0 Å². The van der Waals surface area contributed by atoms with Gasteiger partial charge in [0.1, 0.15) is 5.82 Å². The lowest BCUT2D eigenvalue weighted by Crippen LogP contribution is -2.27. The Balaban J connectivity index is 2.34. The van der Waals surface area contributed by atoms with Gasteiger partial charge in [0.25, 0.3) is 0 Å². The van der Waals surface area contributed by atoms with Gasteiger partial charge in [-0.3, -0.25) is 4.79 Å². The van der Waals surface area contributed by atoms with E-state index in [1.165, 1.54) is 18.2 Å². The Labute approximate surface area is 111 Å². The molecule has 1 aromatic rings. The van der Waals surface area contributed by atoms with Crippen LogP contribution in [0.1, 0.15) is 31.1 Å². The zero-order valence-corrected chi connectivity index (χ0v) is 11.4. The third-order valence-corrected chi connectivity index (χ3v) is 4.07. The van der Waals surface area contributed by atoms with Gasteiger partial charge in [-0.25, -0.2) is 4.39 Å². The van der Waals surface area contributed by atoms with E-state index in [1.807, 2.05) is 20.8 Å². The summed E-state index contributed by atoms with van der Waals surface area (Å²) < 4.78 is 18.9. The first-order chi connectivity index (χ1) is 8.41. The molecule has 98 valence electrons. The highest BCUT2D eigenvalue weighted by Crippen LogP contribution is 2.35. The highest BCUT2D eigenvalue weighted by Gasteiger charge is 2.42. The molecular weight excluding hydrogens is 255 g/mol. The van der Waals surface area contributed by atoms with Crippen molar-refractivity contribution in [1.82, 2.24) is 0 Å². The molecule has 2 rings (SSSR count). The Bertz CT molecular complexity index is 475. The summed E-state index contributed by atoms with van der Waals surface area (Å²) in [6.07, 6.45) is -0.136. The molecule has 0 amide bonds. The molecule has 1 heterocycles. The molecule has 0 aromatic heterocycles. The second-order valence-electron chi connectivity index (χ2n) is 4.92.